The molecule has 0 aliphatic carbocycles. The first-order valence-corrected chi connectivity index (χ1v) is 8.14. The van der Waals surface area contributed by atoms with E-state index in [4.69, 9.17) is 18.9 Å². The van der Waals surface area contributed by atoms with Crippen LogP contribution in [0.3, 0.4) is 0 Å². The normalized spacial score (nSPS) is 27.1. The van der Waals surface area contributed by atoms with Crippen molar-refractivity contribution < 1.29 is 18.9 Å². The van der Waals surface area contributed by atoms with Crippen LogP contribution in [0.15, 0.2) is 0 Å². The minimum absolute atomic E-state index is 0.281. The van der Waals surface area contributed by atoms with E-state index in [1.165, 1.54) is 12.8 Å². The topological polar surface area (TPSA) is 40.2 Å². The predicted octanol–water partition coefficient (Wildman–Crippen LogP) is 2.39. The molecule has 0 amide bonds. The Hall–Kier alpha value is -0.200. The van der Waals surface area contributed by atoms with Crippen LogP contribution in [-0.2, 0) is 18.9 Å². The molecule has 0 aromatic heterocycles. The summed E-state index contributed by atoms with van der Waals surface area (Å²) in [7, 11) is 0. The summed E-state index contributed by atoms with van der Waals surface area (Å²) in [5, 5.41) is 0. The van der Waals surface area contributed by atoms with Crippen LogP contribution in [0.2, 0.25) is 0 Å². The lowest BCUT2D eigenvalue weighted by Crippen LogP contribution is -2.58. The van der Waals surface area contributed by atoms with Gasteiger partial charge in [-0.15, -0.1) is 0 Å². The zero-order valence-corrected chi connectivity index (χ0v) is 14.2. The maximum atomic E-state index is 5.83. The van der Waals surface area contributed by atoms with Gasteiger partial charge < -0.3 is 18.9 Å². The van der Waals surface area contributed by atoms with Crippen molar-refractivity contribution >= 4 is 0 Å². The summed E-state index contributed by atoms with van der Waals surface area (Å²) in [4.78, 5) is 2.45. The van der Waals surface area contributed by atoms with Crippen LogP contribution in [0.5, 0.6) is 0 Å². The molecular formula is C16H31NO4. The molecule has 0 aromatic rings. The van der Waals surface area contributed by atoms with Gasteiger partial charge in [0.05, 0.1) is 38.5 Å². The molecule has 2 fully saturated rings. The summed E-state index contributed by atoms with van der Waals surface area (Å²) < 4.78 is 23.3. The van der Waals surface area contributed by atoms with E-state index in [2.05, 4.69) is 11.8 Å². The monoisotopic (exact) mass is 301 g/mol. The lowest BCUT2D eigenvalue weighted by Gasteiger charge is -2.46. The molecule has 2 rings (SSSR count). The highest BCUT2D eigenvalue weighted by Crippen LogP contribution is 2.25. The largest absolute Gasteiger partial charge is 0.349 e. The van der Waals surface area contributed by atoms with E-state index in [-0.39, 0.29) is 12.1 Å². The Morgan fingerprint density at radius 1 is 0.810 bits per heavy atom. The molecule has 0 spiro atoms. The van der Waals surface area contributed by atoms with Crippen LogP contribution in [0.25, 0.3) is 0 Å². The summed E-state index contributed by atoms with van der Waals surface area (Å²) in [5.74, 6) is -0.928. The summed E-state index contributed by atoms with van der Waals surface area (Å²) in [6.07, 6.45) is 2.34. The zero-order chi connectivity index (χ0) is 15.5. The number of nitrogens with zero attached hydrogens (tertiary/aromatic N) is 1. The molecule has 124 valence electrons. The highest BCUT2D eigenvalue weighted by Gasteiger charge is 2.37. The molecule has 2 heterocycles. The van der Waals surface area contributed by atoms with Gasteiger partial charge in [0.2, 0.25) is 0 Å². The van der Waals surface area contributed by atoms with Crippen molar-refractivity contribution in [1.29, 1.82) is 0 Å². The van der Waals surface area contributed by atoms with E-state index < -0.39 is 11.6 Å². The van der Waals surface area contributed by atoms with Crippen LogP contribution in [0, 0.1) is 0 Å². The maximum absolute atomic E-state index is 5.83. The van der Waals surface area contributed by atoms with E-state index in [9.17, 15) is 0 Å². The van der Waals surface area contributed by atoms with Crippen molar-refractivity contribution in [3.8, 4) is 0 Å². The second-order valence-electron chi connectivity index (χ2n) is 6.94. The highest BCUT2D eigenvalue weighted by molar-refractivity contribution is 4.84. The molecule has 2 aliphatic rings. The number of hydrogen-bond acceptors (Lipinski definition) is 5. The van der Waals surface area contributed by atoms with Gasteiger partial charge in [0.15, 0.2) is 11.6 Å². The Morgan fingerprint density at radius 3 is 1.52 bits per heavy atom. The Labute approximate surface area is 128 Å². The van der Waals surface area contributed by atoms with E-state index in [1.807, 2.05) is 27.7 Å². The van der Waals surface area contributed by atoms with Gasteiger partial charge in [0.1, 0.15) is 0 Å². The first-order valence-electron chi connectivity index (χ1n) is 8.14. The molecular weight excluding hydrogens is 270 g/mol. The highest BCUT2D eigenvalue weighted by atomic mass is 16.7. The van der Waals surface area contributed by atoms with Crippen molar-refractivity contribution in [3.63, 3.8) is 0 Å². The van der Waals surface area contributed by atoms with Gasteiger partial charge in [-0.3, -0.25) is 4.90 Å². The molecule has 0 N–H and O–H groups in total. The lowest BCUT2D eigenvalue weighted by molar-refractivity contribution is -0.288. The third kappa shape index (κ3) is 4.89. The number of unbranched alkanes of at least 4 members (excludes halogenated alkanes) is 1. The van der Waals surface area contributed by atoms with Crippen molar-refractivity contribution in [2.45, 2.75) is 71.1 Å². The molecule has 0 saturated carbocycles. The fourth-order valence-electron chi connectivity index (χ4n) is 2.75. The quantitative estimate of drug-likeness (QED) is 0.780. The minimum Gasteiger partial charge on any atom is -0.349 e. The second kappa shape index (κ2) is 6.92. The van der Waals surface area contributed by atoms with E-state index >= 15 is 0 Å². The SMILES string of the molecule is CCCCN(C1COC(C)(C)OC1)C1COC(C)(C)OC1. The smallest absolute Gasteiger partial charge is 0.162 e. The molecule has 0 radical (unpaired) electrons. The zero-order valence-electron chi connectivity index (χ0n) is 14.2. The average molecular weight is 301 g/mol. The number of rotatable bonds is 5. The molecule has 5 nitrogen and oxygen atoms in total. The molecule has 2 aliphatic heterocycles. The van der Waals surface area contributed by atoms with Gasteiger partial charge in [-0.2, -0.15) is 0 Å². The van der Waals surface area contributed by atoms with Gasteiger partial charge in [-0.05, 0) is 40.7 Å². The van der Waals surface area contributed by atoms with Crippen LogP contribution in [-0.4, -0.2) is 61.5 Å². The molecule has 0 atom stereocenters. The summed E-state index contributed by atoms with van der Waals surface area (Å²) in [5.41, 5.74) is 0. The van der Waals surface area contributed by atoms with Crippen molar-refractivity contribution in [3.05, 3.63) is 0 Å². The van der Waals surface area contributed by atoms with Crippen molar-refractivity contribution in [1.82, 2.24) is 4.90 Å². The van der Waals surface area contributed by atoms with Crippen LogP contribution >= 0.6 is 0 Å². The van der Waals surface area contributed by atoms with Crippen LogP contribution in [0.1, 0.15) is 47.5 Å². The molecule has 21 heavy (non-hydrogen) atoms. The fourth-order valence-corrected chi connectivity index (χ4v) is 2.75. The van der Waals surface area contributed by atoms with Crippen LogP contribution < -0.4 is 0 Å². The Kier molecular flexibility index (Phi) is 5.65. The van der Waals surface area contributed by atoms with Gasteiger partial charge in [0, 0.05) is 0 Å². The first kappa shape index (κ1) is 17.2. The number of ether oxygens (including phenoxy) is 4. The lowest BCUT2D eigenvalue weighted by atomic mass is 10.1. The van der Waals surface area contributed by atoms with Gasteiger partial charge in [-0.1, -0.05) is 13.3 Å². The molecule has 0 unspecified atom stereocenters. The third-order valence-electron chi connectivity index (χ3n) is 4.20. The van der Waals surface area contributed by atoms with Gasteiger partial charge >= 0.3 is 0 Å². The Bertz CT molecular complexity index is 284. The molecule has 5 heteroatoms. The Balaban J connectivity index is 1.95. The minimum atomic E-state index is -0.464. The summed E-state index contributed by atoms with van der Waals surface area (Å²) in [6.45, 7) is 13.9. The summed E-state index contributed by atoms with van der Waals surface area (Å²) >= 11 is 0. The van der Waals surface area contributed by atoms with E-state index in [1.54, 1.807) is 0 Å². The maximum Gasteiger partial charge on any atom is 0.162 e. The van der Waals surface area contributed by atoms with Gasteiger partial charge in [0.25, 0.3) is 0 Å². The first-order chi connectivity index (χ1) is 9.83. The molecule has 2 saturated heterocycles. The second-order valence-corrected chi connectivity index (χ2v) is 6.94. The average Bonchev–Trinajstić information content (AvgIpc) is 2.42. The van der Waals surface area contributed by atoms with Crippen molar-refractivity contribution in [2.24, 2.45) is 0 Å². The summed E-state index contributed by atoms with van der Waals surface area (Å²) in [6, 6.07) is 0.561. The van der Waals surface area contributed by atoms with Gasteiger partial charge in [-0.25, -0.2) is 0 Å². The van der Waals surface area contributed by atoms with E-state index in [0.717, 1.165) is 6.54 Å². The standard InChI is InChI=1S/C16H31NO4/c1-6-7-8-17(13-9-18-15(2,3)19-10-13)14-11-20-16(4,5)21-12-14/h13-14H,6-12H2,1-5H3. The Morgan fingerprint density at radius 2 is 1.19 bits per heavy atom. The predicted molar refractivity (Wildman–Crippen MR) is 81.2 cm³/mol. The van der Waals surface area contributed by atoms with Crippen molar-refractivity contribution in [2.75, 3.05) is 33.0 Å². The fraction of sp³-hybridized carbons (Fsp3) is 1.00. The number of hydrogen-bond donors (Lipinski definition) is 0. The molecule has 0 aromatic carbocycles. The van der Waals surface area contributed by atoms with E-state index in [0.29, 0.717) is 26.4 Å². The molecule has 0 bridgehead atoms. The third-order valence-corrected chi connectivity index (χ3v) is 4.20. The van der Waals surface area contributed by atoms with Crippen LogP contribution in [0.4, 0.5) is 0 Å².